The molecule has 0 bridgehead atoms. The molecule has 0 aliphatic rings. The number of rotatable bonds is 15. The fourth-order valence-electron chi connectivity index (χ4n) is 2.16. The first-order valence-electron chi connectivity index (χ1n) is 8.30. The van der Waals surface area contributed by atoms with Crippen LogP contribution in [0, 0.1) is 0 Å². The van der Waals surface area contributed by atoms with E-state index in [2.05, 4.69) is 4.90 Å². The van der Waals surface area contributed by atoms with Gasteiger partial charge in [-0.2, -0.15) is 0 Å². The number of nitrogens with zero attached hydrogens (tertiary/aromatic N) is 1. The predicted molar refractivity (Wildman–Crippen MR) is 89.1 cm³/mol. The Labute approximate surface area is 135 Å². The smallest absolute Gasteiger partial charge is 0.111 e. The molecule has 0 heterocycles. The van der Waals surface area contributed by atoms with Crippen LogP contribution in [0.3, 0.4) is 0 Å². The van der Waals surface area contributed by atoms with Crippen molar-refractivity contribution in [1.29, 1.82) is 0 Å². The van der Waals surface area contributed by atoms with Crippen molar-refractivity contribution in [2.45, 2.75) is 58.7 Å². The SMILES string of the molecule is CC(OCCCN)N(C(C)OCCCN)C(C)OCCCN. The van der Waals surface area contributed by atoms with Crippen molar-refractivity contribution >= 4 is 0 Å². The second-order valence-electron chi connectivity index (χ2n) is 5.28. The molecule has 0 aromatic heterocycles. The van der Waals surface area contributed by atoms with Gasteiger partial charge in [0.25, 0.3) is 0 Å². The molecule has 22 heavy (non-hydrogen) atoms. The molecule has 0 saturated heterocycles. The van der Waals surface area contributed by atoms with Crippen LogP contribution < -0.4 is 17.2 Å². The zero-order chi connectivity index (χ0) is 16.8. The van der Waals surface area contributed by atoms with Gasteiger partial charge in [-0.15, -0.1) is 0 Å². The van der Waals surface area contributed by atoms with Crippen LogP contribution in [-0.2, 0) is 14.2 Å². The Hall–Kier alpha value is -0.280. The molecule has 0 saturated carbocycles. The van der Waals surface area contributed by atoms with Crippen LogP contribution in [0.15, 0.2) is 0 Å². The van der Waals surface area contributed by atoms with Crippen molar-refractivity contribution in [3.8, 4) is 0 Å². The number of ether oxygens (including phenoxy) is 3. The first-order valence-corrected chi connectivity index (χ1v) is 8.30. The Kier molecular flexibility index (Phi) is 14.1. The predicted octanol–water partition coefficient (Wildman–Crippen LogP) is 0.423. The largest absolute Gasteiger partial charge is 0.363 e. The highest BCUT2D eigenvalue weighted by atomic mass is 16.6. The molecule has 134 valence electrons. The van der Waals surface area contributed by atoms with Crippen LogP contribution in [0.2, 0.25) is 0 Å². The van der Waals surface area contributed by atoms with E-state index in [1.807, 2.05) is 20.8 Å². The summed E-state index contributed by atoms with van der Waals surface area (Å²) in [6.07, 6.45) is 2.15. The van der Waals surface area contributed by atoms with E-state index in [0.717, 1.165) is 19.3 Å². The second-order valence-corrected chi connectivity index (χ2v) is 5.28. The van der Waals surface area contributed by atoms with Gasteiger partial charge in [0.15, 0.2) is 0 Å². The molecule has 0 radical (unpaired) electrons. The summed E-state index contributed by atoms with van der Waals surface area (Å²) in [6, 6.07) is 0. The van der Waals surface area contributed by atoms with Gasteiger partial charge in [-0.25, -0.2) is 4.90 Å². The summed E-state index contributed by atoms with van der Waals surface area (Å²) >= 11 is 0. The molecule has 7 heteroatoms. The maximum absolute atomic E-state index is 5.84. The first kappa shape index (κ1) is 21.7. The molecule has 6 N–H and O–H groups in total. The third kappa shape index (κ3) is 9.68. The average molecular weight is 320 g/mol. The van der Waals surface area contributed by atoms with Gasteiger partial charge >= 0.3 is 0 Å². The van der Waals surface area contributed by atoms with E-state index in [4.69, 9.17) is 31.4 Å². The number of hydrogen-bond donors (Lipinski definition) is 3. The molecule has 0 aliphatic carbocycles. The van der Waals surface area contributed by atoms with Gasteiger partial charge in [-0.1, -0.05) is 0 Å². The number of nitrogens with two attached hydrogens (primary N) is 3. The quantitative estimate of drug-likeness (QED) is 0.296. The van der Waals surface area contributed by atoms with E-state index in [-0.39, 0.29) is 18.7 Å². The van der Waals surface area contributed by atoms with E-state index in [9.17, 15) is 0 Å². The fourth-order valence-corrected chi connectivity index (χ4v) is 2.16. The van der Waals surface area contributed by atoms with Crippen molar-refractivity contribution in [2.75, 3.05) is 39.5 Å². The van der Waals surface area contributed by atoms with Crippen LogP contribution in [0.25, 0.3) is 0 Å². The molecule has 0 aromatic carbocycles. The van der Waals surface area contributed by atoms with Crippen molar-refractivity contribution in [3.05, 3.63) is 0 Å². The Morgan fingerprint density at radius 1 is 0.636 bits per heavy atom. The standard InChI is InChI=1S/C15H36N4O3/c1-13(20-10-4-7-16)19(14(2)21-11-5-8-17)15(3)22-12-6-9-18/h13-15H,4-12,16-18H2,1-3H3. The molecule has 0 rings (SSSR count). The van der Waals surface area contributed by atoms with Gasteiger partial charge < -0.3 is 31.4 Å². The zero-order valence-corrected chi connectivity index (χ0v) is 14.5. The summed E-state index contributed by atoms with van der Waals surface area (Å²) in [5, 5.41) is 0. The maximum atomic E-state index is 5.84. The summed E-state index contributed by atoms with van der Waals surface area (Å²) in [6.45, 7) is 9.75. The molecule has 0 spiro atoms. The Bertz CT molecular complexity index is 209. The maximum Gasteiger partial charge on any atom is 0.111 e. The van der Waals surface area contributed by atoms with E-state index in [0.29, 0.717) is 39.5 Å². The minimum absolute atomic E-state index is 0.118. The Balaban J connectivity index is 4.50. The zero-order valence-electron chi connectivity index (χ0n) is 14.5. The molecule has 0 amide bonds. The Morgan fingerprint density at radius 2 is 0.909 bits per heavy atom. The van der Waals surface area contributed by atoms with Crippen LogP contribution in [0.1, 0.15) is 40.0 Å². The summed E-state index contributed by atoms with van der Waals surface area (Å²) in [5.41, 5.74) is 16.5. The topological polar surface area (TPSA) is 109 Å². The summed E-state index contributed by atoms with van der Waals surface area (Å²) < 4.78 is 17.5. The van der Waals surface area contributed by atoms with Gasteiger partial charge in [0.2, 0.25) is 0 Å². The van der Waals surface area contributed by atoms with Gasteiger partial charge in [-0.3, -0.25) is 0 Å². The number of hydrogen-bond acceptors (Lipinski definition) is 7. The van der Waals surface area contributed by atoms with E-state index in [1.165, 1.54) is 0 Å². The van der Waals surface area contributed by atoms with Gasteiger partial charge in [0.1, 0.15) is 18.7 Å². The molecule has 0 fully saturated rings. The summed E-state index contributed by atoms with van der Waals surface area (Å²) in [4.78, 5) is 2.07. The van der Waals surface area contributed by atoms with Crippen LogP contribution >= 0.6 is 0 Å². The molecule has 0 aromatic rings. The molecule has 3 atom stereocenters. The minimum Gasteiger partial charge on any atom is -0.363 e. The lowest BCUT2D eigenvalue weighted by Gasteiger charge is -2.38. The lowest BCUT2D eigenvalue weighted by molar-refractivity contribution is -0.209. The highest BCUT2D eigenvalue weighted by Crippen LogP contribution is 2.15. The van der Waals surface area contributed by atoms with Crippen LogP contribution in [0.4, 0.5) is 0 Å². The van der Waals surface area contributed by atoms with Crippen LogP contribution in [-0.4, -0.2) is 63.0 Å². The minimum atomic E-state index is -0.118. The third-order valence-corrected chi connectivity index (χ3v) is 3.38. The van der Waals surface area contributed by atoms with Crippen molar-refractivity contribution in [3.63, 3.8) is 0 Å². The first-order chi connectivity index (χ1) is 10.6. The van der Waals surface area contributed by atoms with Crippen molar-refractivity contribution in [1.82, 2.24) is 4.90 Å². The fraction of sp³-hybridized carbons (Fsp3) is 1.00. The van der Waals surface area contributed by atoms with Gasteiger partial charge in [-0.05, 0) is 59.7 Å². The van der Waals surface area contributed by atoms with E-state index in [1.54, 1.807) is 0 Å². The lowest BCUT2D eigenvalue weighted by atomic mass is 10.3. The highest BCUT2D eigenvalue weighted by molar-refractivity contribution is 4.65. The molecule has 3 unspecified atom stereocenters. The van der Waals surface area contributed by atoms with Crippen molar-refractivity contribution < 1.29 is 14.2 Å². The molecule has 7 nitrogen and oxygen atoms in total. The average Bonchev–Trinajstić information content (AvgIpc) is 2.48. The Morgan fingerprint density at radius 3 is 1.14 bits per heavy atom. The normalized spacial score (nSPS) is 16.0. The van der Waals surface area contributed by atoms with Crippen LogP contribution in [0.5, 0.6) is 0 Å². The second kappa shape index (κ2) is 14.3. The molecular formula is C15H36N4O3. The molecule has 0 aliphatic heterocycles. The molecular weight excluding hydrogens is 284 g/mol. The van der Waals surface area contributed by atoms with Crippen molar-refractivity contribution in [2.24, 2.45) is 17.2 Å². The summed E-state index contributed by atoms with van der Waals surface area (Å²) in [5.74, 6) is 0. The van der Waals surface area contributed by atoms with Gasteiger partial charge in [0, 0.05) is 19.8 Å². The lowest BCUT2D eigenvalue weighted by Crippen LogP contribution is -2.49. The van der Waals surface area contributed by atoms with Gasteiger partial charge in [0.05, 0.1) is 0 Å². The highest BCUT2D eigenvalue weighted by Gasteiger charge is 2.27. The monoisotopic (exact) mass is 320 g/mol. The van der Waals surface area contributed by atoms with E-state index >= 15 is 0 Å². The third-order valence-electron chi connectivity index (χ3n) is 3.38. The van der Waals surface area contributed by atoms with E-state index < -0.39 is 0 Å². The summed E-state index contributed by atoms with van der Waals surface area (Å²) in [7, 11) is 0.